The summed E-state index contributed by atoms with van der Waals surface area (Å²) in [6.07, 6.45) is 0.937. The SMILES string of the molecule is CNc1ccccc1C(=O)NS(C)(=O)=O. The molecule has 0 fully saturated rings. The van der Waals surface area contributed by atoms with Crippen LogP contribution in [0.25, 0.3) is 0 Å². The van der Waals surface area contributed by atoms with Gasteiger partial charge in [-0.2, -0.15) is 0 Å². The molecule has 0 spiro atoms. The van der Waals surface area contributed by atoms with Gasteiger partial charge >= 0.3 is 0 Å². The van der Waals surface area contributed by atoms with Gasteiger partial charge in [-0.3, -0.25) is 4.79 Å². The van der Waals surface area contributed by atoms with Gasteiger partial charge in [-0.25, -0.2) is 13.1 Å². The summed E-state index contributed by atoms with van der Waals surface area (Å²) in [5.41, 5.74) is 0.879. The lowest BCUT2D eigenvalue weighted by Gasteiger charge is -2.07. The first-order valence-electron chi connectivity index (χ1n) is 4.23. The van der Waals surface area contributed by atoms with E-state index in [1.807, 2.05) is 4.72 Å². The van der Waals surface area contributed by atoms with Crippen molar-refractivity contribution in [1.29, 1.82) is 0 Å². The van der Waals surface area contributed by atoms with Crippen LogP contribution in [0.3, 0.4) is 0 Å². The molecule has 0 saturated carbocycles. The van der Waals surface area contributed by atoms with Gasteiger partial charge in [0.25, 0.3) is 5.91 Å². The Morgan fingerprint density at radius 3 is 2.40 bits per heavy atom. The van der Waals surface area contributed by atoms with E-state index < -0.39 is 15.9 Å². The minimum atomic E-state index is -3.52. The molecule has 6 heteroatoms. The highest BCUT2D eigenvalue weighted by molar-refractivity contribution is 7.89. The van der Waals surface area contributed by atoms with Crippen LogP contribution in [0.15, 0.2) is 24.3 Å². The lowest BCUT2D eigenvalue weighted by Crippen LogP contribution is -2.29. The Morgan fingerprint density at radius 1 is 1.27 bits per heavy atom. The van der Waals surface area contributed by atoms with Crippen LogP contribution < -0.4 is 10.0 Å². The number of rotatable bonds is 3. The molecule has 0 aliphatic rings. The van der Waals surface area contributed by atoms with Gasteiger partial charge in [0.05, 0.1) is 11.8 Å². The minimum Gasteiger partial charge on any atom is -0.387 e. The van der Waals surface area contributed by atoms with E-state index in [2.05, 4.69) is 5.32 Å². The molecule has 15 heavy (non-hydrogen) atoms. The fraction of sp³-hybridized carbons (Fsp3) is 0.222. The van der Waals surface area contributed by atoms with Gasteiger partial charge < -0.3 is 5.32 Å². The average Bonchev–Trinajstić information content (AvgIpc) is 2.15. The van der Waals surface area contributed by atoms with Gasteiger partial charge in [0.1, 0.15) is 0 Å². The zero-order valence-electron chi connectivity index (χ0n) is 8.44. The summed E-state index contributed by atoms with van der Waals surface area (Å²) in [5.74, 6) is -0.637. The predicted molar refractivity (Wildman–Crippen MR) is 58.3 cm³/mol. The molecule has 1 aromatic carbocycles. The third-order valence-corrected chi connectivity index (χ3v) is 2.28. The normalized spacial score (nSPS) is 10.8. The molecular weight excluding hydrogens is 216 g/mol. The van der Waals surface area contributed by atoms with Crippen molar-refractivity contribution in [2.75, 3.05) is 18.6 Å². The number of nitrogens with one attached hydrogen (secondary N) is 2. The number of carbonyl (C=O) groups excluding carboxylic acids is 1. The van der Waals surface area contributed by atoms with Gasteiger partial charge in [0.15, 0.2) is 0 Å². The number of hydrogen-bond acceptors (Lipinski definition) is 4. The van der Waals surface area contributed by atoms with Crippen LogP contribution in [0, 0.1) is 0 Å². The summed E-state index contributed by atoms with van der Waals surface area (Å²) in [5, 5.41) is 2.81. The first kappa shape index (κ1) is 11.5. The molecule has 0 atom stereocenters. The number of amides is 1. The van der Waals surface area contributed by atoms with Gasteiger partial charge in [-0.05, 0) is 12.1 Å². The number of para-hydroxylation sites is 1. The number of hydrogen-bond donors (Lipinski definition) is 2. The maximum absolute atomic E-state index is 11.5. The molecule has 82 valence electrons. The molecule has 0 aromatic heterocycles. The van der Waals surface area contributed by atoms with Crippen molar-refractivity contribution in [1.82, 2.24) is 4.72 Å². The molecule has 0 unspecified atom stereocenters. The maximum atomic E-state index is 11.5. The van der Waals surface area contributed by atoms with Crippen LogP contribution in [-0.2, 0) is 10.0 Å². The van der Waals surface area contributed by atoms with E-state index in [0.717, 1.165) is 6.26 Å². The largest absolute Gasteiger partial charge is 0.387 e. The second-order valence-electron chi connectivity index (χ2n) is 3.00. The summed E-state index contributed by atoms with van der Waals surface area (Å²) >= 11 is 0. The van der Waals surface area contributed by atoms with E-state index in [9.17, 15) is 13.2 Å². The first-order chi connectivity index (χ1) is 6.94. The summed E-state index contributed by atoms with van der Waals surface area (Å²) in [7, 11) is -1.86. The first-order valence-corrected chi connectivity index (χ1v) is 6.12. The highest BCUT2D eigenvalue weighted by Gasteiger charge is 2.13. The summed E-state index contributed by atoms with van der Waals surface area (Å²) in [4.78, 5) is 11.5. The molecule has 1 aromatic rings. The molecular formula is C9H12N2O3S. The van der Waals surface area contributed by atoms with Crippen molar-refractivity contribution in [3.05, 3.63) is 29.8 Å². The van der Waals surface area contributed by atoms with Crippen molar-refractivity contribution >= 4 is 21.6 Å². The van der Waals surface area contributed by atoms with Crippen LogP contribution >= 0.6 is 0 Å². The third-order valence-electron chi connectivity index (χ3n) is 1.72. The highest BCUT2D eigenvalue weighted by Crippen LogP contribution is 2.13. The van der Waals surface area contributed by atoms with Crippen molar-refractivity contribution < 1.29 is 13.2 Å². The lowest BCUT2D eigenvalue weighted by atomic mass is 10.2. The van der Waals surface area contributed by atoms with Crippen LogP contribution in [0.5, 0.6) is 0 Å². The lowest BCUT2D eigenvalue weighted by molar-refractivity contribution is 0.0982. The smallest absolute Gasteiger partial charge is 0.266 e. The second-order valence-corrected chi connectivity index (χ2v) is 4.75. The summed E-state index contributed by atoms with van der Waals surface area (Å²) in [6.45, 7) is 0. The van der Waals surface area contributed by atoms with E-state index in [-0.39, 0.29) is 0 Å². The zero-order chi connectivity index (χ0) is 11.5. The third kappa shape index (κ3) is 3.25. The van der Waals surface area contributed by atoms with E-state index in [1.165, 1.54) is 0 Å². The fourth-order valence-electron chi connectivity index (χ4n) is 1.12. The average molecular weight is 228 g/mol. The Kier molecular flexibility index (Phi) is 3.31. The fourth-order valence-corrected chi connectivity index (χ4v) is 1.57. The second kappa shape index (κ2) is 4.31. The van der Waals surface area contributed by atoms with Crippen LogP contribution in [0.4, 0.5) is 5.69 Å². The minimum absolute atomic E-state index is 0.297. The quantitative estimate of drug-likeness (QED) is 0.786. The molecule has 0 aliphatic heterocycles. The molecule has 0 aliphatic carbocycles. The van der Waals surface area contributed by atoms with Gasteiger partial charge in [0.2, 0.25) is 10.0 Å². The molecule has 1 rings (SSSR count). The van der Waals surface area contributed by atoms with Gasteiger partial charge in [-0.15, -0.1) is 0 Å². The van der Waals surface area contributed by atoms with Gasteiger partial charge in [-0.1, -0.05) is 12.1 Å². The molecule has 0 radical (unpaired) electrons. The van der Waals surface area contributed by atoms with Crippen LogP contribution in [0.2, 0.25) is 0 Å². The van der Waals surface area contributed by atoms with Crippen LogP contribution in [0.1, 0.15) is 10.4 Å². The van der Waals surface area contributed by atoms with E-state index in [4.69, 9.17) is 0 Å². The van der Waals surface area contributed by atoms with E-state index >= 15 is 0 Å². The molecule has 2 N–H and O–H groups in total. The Balaban J connectivity index is 3.01. The van der Waals surface area contributed by atoms with E-state index in [1.54, 1.807) is 31.3 Å². The van der Waals surface area contributed by atoms with Crippen molar-refractivity contribution in [2.45, 2.75) is 0 Å². The van der Waals surface area contributed by atoms with Crippen molar-refractivity contribution in [3.8, 4) is 0 Å². The molecule has 0 saturated heterocycles. The Bertz CT molecular complexity index is 468. The Hall–Kier alpha value is -1.56. The van der Waals surface area contributed by atoms with Crippen molar-refractivity contribution in [3.63, 3.8) is 0 Å². The van der Waals surface area contributed by atoms with Gasteiger partial charge in [0, 0.05) is 12.7 Å². The Labute approximate surface area is 88.5 Å². The Morgan fingerprint density at radius 2 is 1.87 bits per heavy atom. The molecule has 0 bridgehead atoms. The summed E-state index contributed by atoms with van der Waals surface area (Å²) < 4.78 is 23.6. The predicted octanol–water partition coefficient (Wildman–Crippen LogP) is 0.418. The number of benzene rings is 1. The van der Waals surface area contributed by atoms with Crippen LogP contribution in [-0.4, -0.2) is 27.6 Å². The topological polar surface area (TPSA) is 75.3 Å². The summed E-state index contributed by atoms with van der Waals surface area (Å²) in [6, 6.07) is 6.66. The number of carbonyl (C=O) groups is 1. The number of sulfonamides is 1. The molecule has 0 heterocycles. The molecule has 1 amide bonds. The maximum Gasteiger partial charge on any atom is 0.266 e. The number of anilines is 1. The van der Waals surface area contributed by atoms with Crippen molar-refractivity contribution in [2.24, 2.45) is 0 Å². The standard InChI is InChI=1S/C9H12N2O3S/c1-10-8-6-4-3-5-7(8)9(12)11-15(2,13)14/h3-6,10H,1-2H3,(H,11,12). The highest BCUT2D eigenvalue weighted by atomic mass is 32.2. The zero-order valence-corrected chi connectivity index (χ0v) is 9.26. The van der Waals surface area contributed by atoms with E-state index in [0.29, 0.717) is 11.3 Å². The molecule has 5 nitrogen and oxygen atoms in total. The monoisotopic (exact) mass is 228 g/mol.